The fourth-order valence-electron chi connectivity index (χ4n) is 6.31. The number of benzene rings is 1. The Bertz CT molecular complexity index is 1220. The highest BCUT2D eigenvalue weighted by Crippen LogP contribution is 2.36. The maximum Gasteiger partial charge on any atom is 0.262 e. The summed E-state index contributed by atoms with van der Waals surface area (Å²) in [7, 11) is 0. The van der Waals surface area contributed by atoms with Crippen molar-refractivity contribution in [2.75, 3.05) is 31.1 Å². The molecular formula is C27H33FN4OS. The minimum absolute atomic E-state index is 0.134. The maximum atomic E-state index is 14.2. The Kier molecular flexibility index (Phi) is 6.16. The number of aromatic nitrogens is 2. The number of rotatable bonds is 4. The molecule has 0 radical (unpaired) electrons. The van der Waals surface area contributed by atoms with Crippen molar-refractivity contribution in [3.05, 3.63) is 57.2 Å². The minimum atomic E-state index is -0.134. The Labute approximate surface area is 204 Å². The van der Waals surface area contributed by atoms with Gasteiger partial charge in [0.15, 0.2) is 0 Å². The summed E-state index contributed by atoms with van der Waals surface area (Å²) < 4.78 is 16.1. The molecule has 2 aliphatic carbocycles. The lowest BCUT2D eigenvalue weighted by Gasteiger charge is -2.41. The van der Waals surface area contributed by atoms with Crippen LogP contribution in [-0.4, -0.2) is 46.7 Å². The zero-order chi connectivity index (χ0) is 23.1. The Morgan fingerprint density at radius 1 is 1.03 bits per heavy atom. The van der Waals surface area contributed by atoms with Crippen LogP contribution in [0.1, 0.15) is 49.0 Å². The first-order chi connectivity index (χ1) is 16.7. The molecule has 1 atom stereocenters. The molecule has 1 unspecified atom stereocenters. The zero-order valence-electron chi connectivity index (χ0n) is 19.7. The molecule has 180 valence electrons. The molecule has 0 spiro atoms. The third kappa shape index (κ3) is 4.17. The van der Waals surface area contributed by atoms with Crippen LogP contribution in [0.4, 0.5) is 10.1 Å². The summed E-state index contributed by atoms with van der Waals surface area (Å²) in [5.74, 6) is 0.484. The van der Waals surface area contributed by atoms with Crippen LogP contribution >= 0.6 is 11.3 Å². The van der Waals surface area contributed by atoms with Gasteiger partial charge in [0.2, 0.25) is 0 Å². The highest BCUT2D eigenvalue weighted by molar-refractivity contribution is 7.18. The van der Waals surface area contributed by atoms with Gasteiger partial charge in [0.1, 0.15) is 10.6 Å². The second kappa shape index (κ2) is 9.42. The SMILES string of the molecule is O=c1c2c3c(sc2ncn1CC1CCCCC1)CC(N1CCN(c2ccccc2F)CC1)CC3. The summed E-state index contributed by atoms with van der Waals surface area (Å²) in [6.45, 7) is 4.42. The maximum absolute atomic E-state index is 14.2. The largest absolute Gasteiger partial charge is 0.367 e. The van der Waals surface area contributed by atoms with Crippen LogP contribution in [0.2, 0.25) is 0 Å². The lowest BCUT2D eigenvalue weighted by atomic mass is 9.89. The third-order valence-corrected chi connectivity index (χ3v) is 9.38. The van der Waals surface area contributed by atoms with Gasteiger partial charge in [0.05, 0.1) is 17.4 Å². The van der Waals surface area contributed by atoms with E-state index < -0.39 is 0 Å². The van der Waals surface area contributed by atoms with E-state index in [0.29, 0.717) is 17.6 Å². The molecular weight excluding hydrogens is 447 g/mol. The van der Waals surface area contributed by atoms with Crippen LogP contribution in [0, 0.1) is 11.7 Å². The molecule has 1 aliphatic heterocycles. The molecule has 6 rings (SSSR count). The molecule has 5 nitrogen and oxygen atoms in total. The lowest BCUT2D eigenvalue weighted by molar-refractivity contribution is 0.171. The van der Waals surface area contributed by atoms with Gasteiger partial charge in [-0.15, -0.1) is 11.3 Å². The van der Waals surface area contributed by atoms with Crippen LogP contribution in [0.5, 0.6) is 0 Å². The van der Waals surface area contributed by atoms with Crippen LogP contribution in [0.25, 0.3) is 10.2 Å². The normalized spacial score (nSPS) is 22.3. The molecule has 0 bridgehead atoms. The average molecular weight is 481 g/mol. The molecule has 3 aliphatic rings. The van der Waals surface area contributed by atoms with Crippen molar-refractivity contribution >= 4 is 27.2 Å². The van der Waals surface area contributed by atoms with Crippen molar-refractivity contribution in [3.8, 4) is 0 Å². The van der Waals surface area contributed by atoms with Gasteiger partial charge in [0.25, 0.3) is 5.56 Å². The van der Waals surface area contributed by atoms with Gasteiger partial charge in [-0.25, -0.2) is 9.37 Å². The molecule has 3 aromatic rings. The summed E-state index contributed by atoms with van der Waals surface area (Å²) in [5.41, 5.74) is 2.15. The van der Waals surface area contributed by atoms with Gasteiger partial charge in [-0.05, 0) is 55.7 Å². The summed E-state index contributed by atoms with van der Waals surface area (Å²) >= 11 is 1.72. The topological polar surface area (TPSA) is 41.4 Å². The van der Waals surface area contributed by atoms with Crippen molar-refractivity contribution in [1.82, 2.24) is 14.5 Å². The smallest absolute Gasteiger partial charge is 0.262 e. The number of nitrogens with zero attached hydrogens (tertiary/aromatic N) is 4. The number of aryl methyl sites for hydroxylation is 1. The standard InChI is InChI=1S/C27H33FN4OS/c28-22-8-4-5-9-23(22)31-14-12-30(13-15-31)20-10-11-21-24(16-20)34-26-25(21)27(33)32(18-29-26)17-19-6-2-1-3-7-19/h4-5,8-9,18-20H,1-3,6-7,10-17H2. The number of piperazine rings is 1. The average Bonchev–Trinajstić information content (AvgIpc) is 3.25. The Balaban J connectivity index is 1.16. The molecule has 2 fully saturated rings. The summed E-state index contributed by atoms with van der Waals surface area (Å²) in [5, 5.41) is 0.890. The number of para-hydroxylation sites is 1. The Morgan fingerprint density at radius 3 is 2.62 bits per heavy atom. The van der Waals surface area contributed by atoms with Crippen molar-refractivity contribution in [3.63, 3.8) is 0 Å². The number of fused-ring (bicyclic) bond motifs is 3. The molecule has 7 heteroatoms. The molecule has 1 saturated carbocycles. The number of halogens is 1. The van der Waals surface area contributed by atoms with Crippen LogP contribution in [-0.2, 0) is 19.4 Å². The second-order valence-corrected chi connectivity index (χ2v) is 11.3. The van der Waals surface area contributed by atoms with Crippen LogP contribution in [0.3, 0.4) is 0 Å². The first-order valence-corrected chi connectivity index (χ1v) is 13.7. The Morgan fingerprint density at radius 2 is 1.82 bits per heavy atom. The molecule has 3 heterocycles. The van der Waals surface area contributed by atoms with Crippen LogP contribution in [0.15, 0.2) is 35.4 Å². The molecule has 2 aromatic heterocycles. The zero-order valence-corrected chi connectivity index (χ0v) is 20.5. The summed E-state index contributed by atoms with van der Waals surface area (Å²) in [6, 6.07) is 7.57. The van der Waals surface area contributed by atoms with Gasteiger partial charge >= 0.3 is 0 Å². The third-order valence-electron chi connectivity index (χ3n) is 8.21. The van der Waals surface area contributed by atoms with Crippen molar-refractivity contribution in [2.24, 2.45) is 5.92 Å². The number of hydrogen-bond donors (Lipinski definition) is 0. The number of anilines is 1. The molecule has 1 saturated heterocycles. The fourth-order valence-corrected chi connectivity index (χ4v) is 7.56. The predicted molar refractivity (Wildman–Crippen MR) is 136 cm³/mol. The van der Waals surface area contributed by atoms with E-state index in [4.69, 9.17) is 4.98 Å². The van der Waals surface area contributed by atoms with Gasteiger partial charge in [-0.1, -0.05) is 31.4 Å². The first-order valence-electron chi connectivity index (χ1n) is 12.9. The van der Waals surface area contributed by atoms with E-state index in [0.717, 1.165) is 62.2 Å². The fraction of sp³-hybridized carbons (Fsp3) is 0.556. The Hall–Kier alpha value is -2.25. The van der Waals surface area contributed by atoms with E-state index in [-0.39, 0.29) is 11.4 Å². The first kappa shape index (κ1) is 22.2. The van der Waals surface area contributed by atoms with E-state index in [2.05, 4.69) is 9.80 Å². The van der Waals surface area contributed by atoms with E-state index in [1.165, 1.54) is 42.5 Å². The van der Waals surface area contributed by atoms with Crippen molar-refractivity contribution in [1.29, 1.82) is 0 Å². The number of thiophene rings is 1. The molecule has 1 aromatic carbocycles. The van der Waals surface area contributed by atoms with E-state index in [9.17, 15) is 9.18 Å². The van der Waals surface area contributed by atoms with Gasteiger partial charge in [-0.3, -0.25) is 14.3 Å². The monoisotopic (exact) mass is 480 g/mol. The van der Waals surface area contributed by atoms with Gasteiger partial charge in [-0.2, -0.15) is 0 Å². The van der Waals surface area contributed by atoms with E-state index >= 15 is 0 Å². The van der Waals surface area contributed by atoms with E-state index in [1.54, 1.807) is 29.8 Å². The van der Waals surface area contributed by atoms with Crippen LogP contribution < -0.4 is 10.5 Å². The van der Waals surface area contributed by atoms with Gasteiger partial charge < -0.3 is 4.90 Å². The highest BCUT2D eigenvalue weighted by atomic mass is 32.1. The lowest BCUT2D eigenvalue weighted by Crippen LogP contribution is -2.51. The number of hydrogen-bond acceptors (Lipinski definition) is 5. The minimum Gasteiger partial charge on any atom is -0.367 e. The molecule has 0 N–H and O–H groups in total. The summed E-state index contributed by atoms with van der Waals surface area (Å²) in [6.07, 6.45) is 11.2. The van der Waals surface area contributed by atoms with Crippen molar-refractivity contribution in [2.45, 2.75) is 64.0 Å². The van der Waals surface area contributed by atoms with Gasteiger partial charge in [0, 0.05) is 43.6 Å². The quantitative estimate of drug-likeness (QED) is 0.535. The summed E-state index contributed by atoms with van der Waals surface area (Å²) in [4.78, 5) is 25.1. The van der Waals surface area contributed by atoms with Crippen molar-refractivity contribution < 1.29 is 4.39 Å². The second-order valence-electron chi connectivity index (χ2n) is 10.3. The predicted octanol–water partition coefficient (Wildman–Crippen LogP) is 4.86. The highest BCUT2D eigenvalue weighted by Gasteiger charge is 2.31. The molecule has 0 amide bonds. The van der Waals surface area contributed by atoms with E-state index in [1.807, 2.05) is 16.7 Å². The molecule has 34 heavy (non-hydrogen) atoms.